The maximum absolute atomic E-state index is 13.0. The highest BCUT2D eigenvalue weighted by Crippen LogP contribution is 2.27. The average molecular weight is 460 g/mol. The molecule has 0 unspecified atom stereocenters. The molecule has 0 spiro atoms. The van der Waals surface area contributed by atoms with E-state index in [1.807, 2.05) is 32.0 Å². The minimum atomic E-state index is -0.448. The molecule has 2 aromatic heterocycles. The van der Waals surface area contributed by atoms with Gasteiger partial charge in [-0.2, -0.15) is 0 Å². The van der Waals surface area contributed by atoms with Crippen molar-refractivity contribution in [3.63, 3.8) is 0 Å². The Morgan fingerprint density at radius 1 is 1.09 bits per heavy atom. The number of benzene rings is 1. The Labute approximate surface area is 190 Å². The average Bonchev–Trinajstić information content (AvgIpc) is 3.26. The van der Waals surface area contributed by atoms with Crippen LogP contribution in [0, 0.1) is 5.92 Å². The van der Waals surface area contributed by atoms with E-state index in [9.17, 15) is 14.4 Å². The number of carbonyl (C=O) groups is 1. The van der Waals surface area contributed by atoms with Gasteiger partial charge in [-0.3, -0.25) is 18.7 Å². The molecule has 0 aliphatic carbocycles. The second kappa shape index (κ2) is 10.5. The molecule has 172 valence electrons. The van der Waals surface area contributed by atoms with Crippen molar-refractivity contribution >= 4 is 27.5 Å². The lowest BCUT2D eigenvalue weighted by Gasteiger charge is -2.13. The predicted octanol–water partition coefficient (Wildman–Crippen LogP) is 2.65. The summed E-state index contributed by atoms with van der Waals surface area (Å²) < 4.78 is 13.7. The number of rotatable bonds is 10. The first-order chi connectivity index (χ1) is 15.3. The number of nitrogens with zero attached hydrogens (tertiary/aromatic N) is 2. The zero-order valence-electron chi connectivity index (χ0n) is 18.8. The van der Waals surface area contributed by atoms with Gasteiger partial charge in [0.2, 0.25) is 5.91 Å². The molecule has 0 atom stereocenters. The van der Waals surface area contributed by atoms with Gasteiger partial charge in [0.05, 0.1) is 19.7 Å². The molecule has 32 heavy (non-hydrogen) atoms. The van der Waals surface area contributed by atoms with E-state index in [0.29, 0.717) is 53.6 Å². The topological polar surface area (TPSA) is 91.6 Å². The van der Waals surface area contributed by atoms with E-state index in [1.54, 1.807) is 25.7 Å². The van der Waals surface area contributed by atoms with Crippen molar-refractivity contribution in [2.45, 2.75) is 39.8 Å². The summed E-state index contributed by atoms with van der Waals surface area (Å²) in [6.07, 6.45) is 1.31. The minimum Gasteiger partial charge on any atom is -0.493 e. The zero-order valence-corrected chi connectivity index (χ0v) is 19.7. The van der Waals surface area contributed by atoms with Crippen LogP contribution < -0.4 is 26.0 Å². The molecule has 3 aromatic rings. The molecule has 0 aliphatic heterocycles. The van der Waals surface area contributed by atoms with Gasteiger partial charge in [0.25, 0.3) is 5.56 Å². The summed E-state index contributed by atoms with van der Waals surface area (Å²) in [5.41, 5.74) is 0.755. The number of hydrogen-bond donors (Lipinski definition) is 1. The molecule has 1 aromatic carbocycles. The summed E-state index contributed by atoms with van der Waals surface area (Å²) in [5.74, 6) is 1.35. The lowest BCUT2D eigenvalue weighted by Crippen LogP contribution is -2.42. The normalized spacial score (nSPS) is 11.2. The van der Waals surface area contributed by atoms with Crippen molar-refractivity contribution in [3.05, 3.63) is 56.0 Å². The number of hydrogen-bond acceptors (Lipinski definition) is 6. The van der Waals surface area contributed by atoms with Crippen LogP contribution >= 0.6 is 11.3 Å². The quantitative estimate of drug-likeness (QED) is 0.503. The van der Waals surface area contributed by atoms with Crippen molar-refractivity contribution < 1.29 is 14.3 Å². The van der Waals surface area contributed by atoms with Gasteiger partial charge in [0.15, 0.2) is 11.5 Å². The van der Waals surface area contributed by atoms with Gasteiger partial charge in [-0.05, 0) is 47.9 Å². The van der Waals surface area contributed by atoms with E-state index in [4.69, 9.17) is 9.47 Å². The van der Waals surface area contributed by atoms with E-state index < -0.39 is 5.69 Å². The number of thiophene rings is 1. The van der Waals surface area contributed by atoms with Crippen LogP contribution in [0.2, 0.25) is 0 Å². The number of amides is 1. The minimum absolute atomic E-state index is 0.139. The van der Waals surface area contributed by atoms with Gasteiger partial charge < -0.3 is 14.8 Å². The van der Waals surface area contributed by atoms with Crippen LogP contribution in [0.3, 0.4) is 0 Å². The lowest BCUT2D eigenvalue weighted by atomic mass is 10.1. The SMILES string of the molecule is COc1ccc(CCNC(=O)Cn2c(=O)n(CCC(C)C)c(=O)c3sccc32)cc1OC. The molecule has 1 N–H and O–H groups in total. The van der Waals surface area contributed by atoms with E-state index in [1.165, 1.54) is 20.5 Å². The Morgan fingerprint density at radius 3 is 2.53 bits per heavy atom. The third-order valence-electron chi connectivity index (χ3n) is 5.25. The summed E-state index contributed by atoms with van der Waals surface area (Å²) >= 11 is 1.29. The molecule has 0 aliphatic rings. The molecule has 0 radical (unpaired) electrons. The number of nitrogens with one attached hydrogen (secondary N) is 1. The highest BCUT2D eigenvalue weighted by Gasteiger charge is 2.16. The summed E-state index contributed by atoms with van der Waals surface area (Å²) in [6.45, 7) is 4.69. The third kappa shape index (κ3) is 5.21. The predicted molar refractivity (Wildman–Crippen MR) is 126 cm³/mol. The Kier molecular flexibility index (Phi) is 7.74. The van der Waals surface area contributed by atoms with Crippen LogP contribution in [-0.4, -0.2) is 35.8 Å². The van der Waals surface area contributed by atoms with Crippen molar-refractivity contribution in [2.75, 3.05) is 20.8 Å². The highest BCUT2D eigenvalue weighted by atomic mass is 32.1. The Morgan fingerprint density at radius 2 is 1.84 bits per heavy atom. The molecule has 0 saturated heterocycles. The molecule has 0 fully saturated rings. The van der Waals surface area contributed by atoms with Crippen molar-refractivity contribution in [3.8, 4) is 11.5 Å². The van der Waals surface area contributed by atoms with Crippen LogP contribution in [0.4, 0.5) is 0 Å². The monoisotopic (exact) mass is 459 g/mol. The first-order valence-corrected chi connectivity index (χ1v) is 11.4. The van der Waals surface area contributed by atoms with Gasteiger partial charge in [-0.1, -0.05) is 19.9 Å². The summed E-state index contributed by atoms with van der Waals surface area (Å²) in [5, 5.41) is 4.63. The standard InChI is InChI=1S/C23H29N3O5S/c1-15(2)8-11-25-22(28)21-17(9-12-32-21)26(23(25)29)14-20(27)24-10-7-16-5-6-18(30-3)19(13-16)31-4/h5-6,9,12-13,15H,7-8,10-11,14H2,1-4H3,(H,24,27). The summed E-state index contributed by atoms with van der Waals surface area (Å²) in [6, 6.07) is 7.32. The van der Waals surface area contributed by atoms with Crippen LogP contribution in [0.5, 0.6) is 11.5 Å². The van der Waals surface area contributed by atoms with E-state index >= 15 is 0 Å². The highest BCUT2D eigenvalue weighted by molar-refractivity contribution is 7.17. The fourth-order valence-electron chi connectivity index (χ4n) is 3.45. The molecular weight excluding hydrogens is 430 g/mol. The number of carbonyl (C=O) groups excluding carboxylic acids is 1. The summed E-state index contributed by atoms with van der Waals surface area (Å²) in [7, 11) is 3.16. The maximum Gasteiger partial charge on any atom is 0.332 e. The summed E-state index contributed by atoms with van der Waals surface area (Å²) in [4.78, 5) is 38.3. The largest absolute Gasteiger partial charge is 0.493 e. The van der Waals surface area contributed by atoms with E-state index in [-0.39, 0.29) is 18.0 Å². The number of methoxy groups -OCH3 is 2. The second-order valence-electron chi connectivity index (χ2n) is 7.93. The molecule has 8 nitrogen and oxygen atoms in total. The third-order valence-corrected chi connectivity index (χ3v) is 6.14. The molecule has 9 heteroatoms. The van der Waals surface area contributed by atoms with Crippen molar-refractivity contribution in [1.29, 1.82) is 0 Å². The molecule has 0 saturated carbocycles. The first-order valence-electron chi connectivity index (χ1n) is 10.5. The molecule has 2 heterocycles. The van der Waals surface area contributed by atoms with Crippen LogP contribution in [0.1, 0.15) is 25.8 Å². The van der Waals surface area contributed by atoms with Gasteiger partial charge in [0, 0.05) is 13.1 Å². The van der Waals surface area contributed by atoms with Gasteiger partial charge in [-0.15, -0.1) is 11.3 Å². The second-order valence-corrected chi connectivity index (χ2v) is 8.85. The van der Waals surface area contributed by atoms with E-state index in [2.05, 4.69) is 5.32 Å². The van der Waals surface area contributed by atoms with Gasteiger partial charge in [-0.25, -0.2) is 4.79 Å². The molecule has 3 rings (SSSR count). The first kappa shape index (κ1) is 23.6. The fraction of sp³-hybridized carbons (Fsp3) is 0.435. The molecular formula is C23H29N3O5S. The van der Waals surface area contributed by atoms with E-state index in [0.717, 1.165) is 5.56 Å². The molecule has 1 amide bonds. The number of fused-ring (bicyclic) bond motifs is 1. The van der Waals surface area contributed by atoms with Gasteiger partial charge in [0.1, 0.15) is 11.2 Å². The maximum atomic E-state index is 13.0. The Balaban J connectivity index is 1.72. The van der Waals surface area contributed by atoms with Crippen molar-refractivity contribution in [2.24, 2.45) is 5.92 Å². The van der Waals surface area contributed by atoms with Crippen molar-refractivity contribution in [1.82, 2.24) is 14.5 Å². The smallest absolute Gasteiger partial charge is 0.332 e. The zero-order chi connectivity index (χ0) is 23.3. The molecule has 0 bridgehead atoms. The Hall–Kier alpha value is -3.07. The van der Waals surface area contributed by atoms with Gasteiger partial charge >= 0.3 is 5.69 Å². The van der Waals surface area contributed by atoms with Crippen LogP contribution in [0.15, 0.2) is 39.2 Å². The van der Waals surface area contributed by atoms with Crippen LogP contribution in [-0.2, 0) is 24.3 Å². The Bertz CT molecular complexity index is 1210. The fourth-order valence-corrected chi connectivity index (χ4v) is 4.30. The number of aromatic nitrogens is 2. The van der Waals surface area contributed by atoms with Crippen LogP contribution in [0.25, 0.3) is 10.2 Å². The number of ether oxygens (including phenoxy) is 2. The lowest BCUT2D eigenvalue weighted by molar-refractivity contribution is -0.121.